The van der Waals surface area contributed by atoms with E-state index in [4.69, 9.17) is 10.5 Å². The van der Waals surface area contributed by atoms with Crippen LogP contribution in [0.15, 0.2) is 24.3 Å². The third-order valence-electron chi connectivity index (χ3n) is 3.38. The molecule has 0 bridgehead atoms. The molecule has 1 atom stereocenters. The minimum atomic E-state index is 0.369. The second kappa shape index (κ2) is 6.03. The molecule has 0 saturated carbocycles. The van der Waals surface area contributed by atoms with Crippen molar-refractivity contribution in [2.24, 2.45) is 5.73 Å². The summed E-state index contributed by atoms with van der Waals surface area (Å²) in [6, 6.07) is 8.73. The van der Waals surface area contributed by atoms with Crippen molar-refractivity contribution >= 4 is 0 Å². The molecule has 0 radical (unpaired) electrons. The first kappa shape index (κ1) is 12.4. The van der Waals surface area contributed by atoms with Gasteiger partial charge in [0.15, 0.2) is 0 Å². The summed E-state index contributed by atoms with van der Waals surface area (Å²) < 4.78 is 5.45. The van der Waals surface area contributed by atoms with Crippen LogP contribution in [0.3, 0.4) is 0 Å². The molecule has 17 heavy (non-hydrogen) atoms. The van der Waals surface area contributed by atoms with E-state index in [9.17, 15) is 0 Å². The number of nitrogens with two attached hydrogens (primary N) is 1. The molecule has 1 aliphatic rings. The molecule has 3 nitrogen and oxygen atoms in total. The minimum Gasteiger partial charge on any atom is -0.494 e. The SMILES string of the molecule is CCOc1ccc([C@@H](CN)N2CCCC2)cc1. The van der Waals surface area contributed by atoms with Crippen LogP contribution in [0.25, 0.3) is 0 Å². The number of ether oxygens (including phenoxy) is 1. The predicted molar refractivity (Wildman–Crippen MR) is 70.2 cm³/mol. The highest BCUT2D eigenvalue weighted by molar-refractivity contribution is 5.29. The van der Waals surface area contributed by atoms with E-state index in [1.807, 2.05) is 19.1 Å². The van der Waals surface area contributed by atoms with E-state index in [1.165, 1.54) is 31.5 Å². The van der Waals surface area contributed by atoms with Gasteiger partial charge in [0.2, 0.25) is 0 Å². The molecule has 1 heterocycles. The number of hydrogen-bond acceptors (Lipinski definition) is 3. The molecule has 1 aliphatic heterocycles. The predicted octanol–water partition coefficient (Wildman–Crippen LogP) is 2.18. The maximum atomic E-state index is 5.91. The molecule has 2 N–H and O–H groups in total. The largest absolute Gasteiger partial charge is 0.494 e. The Kier molecular flexibility index (Phi) is 4.40. The Labute approximate surface area is 104 Å². The van der Waals surface area contributed by atoms with Gasteiger partial charge < -0.3 is 10.5 Å². The number of hydrogen-bond donors (Lipinski definition) is 1. The van der Waals surface area contributed by atoms with E-state index >= 15 is 0 Å². The summed E-state index contributed by atoms with van der Waals surface area (Å²) >= 11 is 0. The summed E-state index contributed by atoms with van der Waals surface area (Å²) in [5.41, 5.74) is 7.21. The zero-order valence-electron chi connectivity index (χ0n) is 10.6. The highest BCUT2D eigenvalue weighted by Crippen LogP contribution is 2.25. The summed E-state index contributed by atoms with van der Waals surface area (Å²) in [4.78, 5) is 2.48. The van der Waals surface area contributed by atoms with Crippen LogP contribution in [-0.4, -0.2) is 31.1 Å². The second-order valence-corrected chi connectivity index (χ2v) is 4.50. The van der Waals surface area contributed by atoms with E-state index in [2.05, 4.69) is 17.0 Å². The fraction of sp³-hybridized carbons (Fsp3) is 0.571. The summed E-state index contributed by atoms with van der Waals surface area (Å²) in [5.74, 6) is 0.938. The Bertz CT molecular complexity index is 331. The van der Waals surface area contributed by atoms with Gasteiger partial charge >= 0.3 is 0 Å². The van der Waals surface area contributed by atoms with E-state index < -0.39 is 0 Å². The van der Waals surface area contributed by atoms with Gasteiger partial charge in [-0.25, -0.2) is 0 Å². The average Bonchev–Trinajstić information content (AvgIpc) is 2.86. The molecule has 1 aromatic rings. The number of benzene rings is 1. The summed E-state index contributed by atoms with van der Waals surface area (Å²) in [6.07, 6.45) is 2.60. The van der Waals surface area contributed by atoms with Crippen LogP contribution < -0.4 is 10.5 Å². The van der Waals surface area contributed by atoms with E-state index in [1.54, 1.807) is 0 Å². The average molecular weight is 234 g/mol. The lowest BCUT2D eigenvalue weighted by molar-refractivity contribution is 0.251. The Morgan fingerprint density at radius 1 is 1.24 bits per heavy atom. The van der Waals surface area contributed by atoms with Crippen molar-refractivity contribution in [3.8, 4) is 5.75 Å². The van der Waals surface area contributed by atoms with Gasteiger partial charge in [-0.05, 0) is 50.6 Å². The first-order valence-electron chi connectivity index (χ1n) is 6.52. The summed E-state index contributed by atoms with van der Waals surface area (Å²) in [6.45, 7) is 5.75. The van der Waals surface area contributed by atoms with Gasteiger partial charge in [-0.1, -0.05) is 12.1 Å². The van der Waals surface area contributed by atoms with Gasteiger partial charge in [0.1, 0.15) is 5.75 Å². The van der Waals surface area contributed by atoms with Crippen LogP contribution in [0.4, 0.5) is 0 Å². The zero-order chi connectivity index (χ0) is 12.1. The molecule has 2 rings (SSSR count). The lowest BCUT2D eigenvalue weighted by Gasteiger charge is -2.26. The third-order valence-corrected chi connectivity index (χ3v) is 3.38. The van der Waals surface area contributed by atoms with Crippen molar-refractivity contribution in [1.29, 1.82) is 0 Å². The molecule has 0 aliphatic carbocycles. The Morgan fingerprint density at radius 3 is 2.41 bits per heavy atom. The number of likely N-dealkylation sites (tertiary alicyclic amines) is 1. The molecule has 0 aromatic heterocycles. The first-order chi connectivity index (χ1) is 8.35. The molecular weight excluding hydrogens is 212 g/mol. The number of nitrogens with zero attached hydrogens (tertiary/aromatic N) is 1. The molecule has 0 amide bonds. The monoisotopic (exact) mass is 234 g/mol. The highest BCUT2D eigenvalue weighted by Gasteiger charge is 2.21. The van der Waals surface area contributed by atoms with Gasteiger partial charge in [0, 0.05) is 12.6 Å². The number of rotatable bonds is 5. The Balaban J connectivity index is 2.07. The molecule has 0 unspecified atom stereocenters. The fourth-order valence-electron chi connectivity index (χ4n) is 2.50. The normalized spacial score (nSPS) is 18.2. The molecule has 3 heteroatoms. The Morgan fingerprint density at radius 2 is 1.88 bits per heavy atom. The smallest absolute Gasteiger partial charge is 0.119 e. The third kappa shape index (κ3) is 2.99. The van der Waals surface area contributed by atoms with Crippen LogP contribution in [0, 0.1) is 0 Å². The maximum Gasteiger partial charge on any atom is 0.119 e. The first-order valence-corrected chi connectivity index (χ1v) is 6.52. The van der Waals surface area contributed by atoms with Crippen LogP contribution in [0.5, 0.6) is 5.75 Å². The van der Waals surface area contributed by atoms with Crippen LogP contribution in [-0.2, 0) is 0 Å². The van der Waals surface area contributed by atoms with Gasteiger partial charge in [-0.15, -0.1) is 0 Å². The van der Waals surface area contributed by atoms with Crippen molar-refractivity contribution in [2.45, 2.75) is 25.8 Å². The maximum absolute atomic E-state index is 5.91. The van der Waals surface area contributed by atoms with Gasteiger partial charge in [0.25, 0.3) is 0 Å². The lowest BCUT2D eigenvalue weighted by Crippen LogP contribution is -2.31. The van der Waals surface area contributed by atoms with Crippen molar-refractivity contribution in [2.75, 3.05) is 26.2 Å². The van der Waals surface area contributed by atoms with E-state index in [0.29, 0.717) is 19.2 Å². The minimum absolute atomic E-state index is 0.369. The van der Waals surface area contributed by atoms with Crippen LogP contribution in [0.1, 0.15) is 31.4 Å². The quantitative estimate of drug-likeness (QED) is 0.848. The van der Waals surface area contributed by atoms with E-state index in [-0.39, 0.29) is 0 Å². The van der Waals surface area contributed by atoms with Crippen molar-refractivity contribution < 1.29 is 4.74 Å². The topological polar surface area (TPSA) is 38.5 Å². The second-order valence-electron chi connectivity index (χ2n) is 4.50. The van der Waals surface area contributed by atoms with Gasteiger partial charge in [0.05, 0.1) is 6.61 Å². The van der Waals surface area contributed by atoms with Crippen LogP contribution in [0.2, 0.25) is 0 Å². The zero-order valence-corrected chi connectivity index (χ0v) is 10.6. The lowest BCUT2D eigenvalue weighted by atomic mass is 10.1. The molecule has 0 spiro atoms. The summed E-state index contributed by atoms with van der Waals surface area (Å²) in [7, 11) is 0. The highest BCUT2D eigenvalue weighted by atomic mass is 16.5. The standard InChI is InChI=1S/C14H22N2O/c1-2-17-13-7-5-12(6-8-13)14(11-15)16-9-3-4-10-16/h5-8,14H,2-4,9-11,15H2,1H3/t14-/m1/s1. The molecule has 1 fully saturated rings. The van der Waals surface area contributed by atoms with Gasteiger partial charge in [-0.3, -0.25) is 4.90 Å². The summed E-state index contributed by atoms with van der Waals surface area (Å²) in [5, 5.41) is 0. The van der Waals surface area contributed by atoms with Crippen LogP contribution >= 0.6 is 0 Å². The molecular formula is C14H22N2O. The van der Waals surface area contributed by atoms with E-state index in [0.717, 1.165) is 5.75 Å². The Hall–Kier alpha value is -1.06. The molecule has 94 valence electrons. The molecule has 1 aromatic carbocycles. The van der Waals surface area contributed by atoms with Crippen molar-refractivity contribution in [3.05, 3.63) is 29.8 Å². The molecule has 1 saturated heterocycles. The van der Waals surface area contributed by atoms with Crippen molar-refractivity contribution in [3.63, 3.8) is 0 Å². The van der Waals surface area contributed by atoms with Gasteiger partial charge in [-0.2, -0.15) is 0 Å². The fourth-order valence-corrected chi connectivity index (χ4v) is 2.50. The van der Waals surface area contributed by atoms with Crippen molar-refractivity contribution in [1.82, 2.24) is 4.90 Å².